The molecule has 2 bridgehead atoms. The highest BCUT2D eigenvalue weighted by molar-refractivity contribution is 9.10. The Labute approximate surface area is 217 Å². The molecule has 4 aliphatic heterocycles. The van der Waals surface area contributed by atoms with Gasteiger partial charge < -0.3 is 9.80 Å². The Bertz CT molecular complexity index is 1460. The normalized spacial score (nSPS) is 24.2. The maximum absolute atomic E-state index is 13.6. The fourth-order valence-electron chi connectivity index (χ4n) is 5.73. The van der Waals surface area contributed by atoms with E-state index in [0.717, 1.165) is 22.9 Å². The number of sulfonamides is 1. The van der Waals surface area contributed by atoms with Crippen LogP contribution in [0.3, 0.4) is 0 Å². The van der Waals surface area contributed by atoms with Crippen LogP contribution in [0, 0.1) is 6.92 Å². The van der Waals surface area contributed by atoms with Gasteiger partial charge in [0, 0.05) is 29.5 Å². The molecule has 9 nitrogen and oxygen atoms in total. The third kappa shape index (κ3) is 3.75. The summed E-state index contributed by atoms with van der Waals surface area (Å²) in [5, 5.41) is 7.78. The maximum Gasteiger partial charge on any atom is 0.255 e. The van der Waals surface area contributed by atoms with Crippen molar-refractivity contribution in [2.75, 3.05) is 19.6 Å². The van der Waals surface area contributed by atoms with E-state index in [1.807, 2.05) is 24.0 Å². The van der Waals surface area contributed by atoms with Gasteiger partial charge in [-0.1, -0.05) is 17.7 Å². The van der Waals surface area contributed by atoms with Crippen molar-refractivity contribution in [2.24, 2.45) is 0 Å². The van der Waals surface area contributed by atoms with Crippen LogP contribution in [0.15, 0.2) is 52.0 Å². The van der Waals surface area contributed by atoms with Crippen LogP contribution in [0.1, 0.15) is 35.2 Å². The lowest BCUT2D eigenvalue weighted by Gasteiger charge is -2.57. The molecule has 1 aromatic heterocycles. The van der Waals surface area contributed by atoms with Crippen molar-refractivity contribution in [2.45, 2.75) is 49.2 Å². The van der Waals surface area contributed by atoms with Gasteiger partial charge >= 0.3 is 0 Å². The summed E-state index contributed by atoms with van der Waals surface area (Å²) >= 11 is 3.50. The number of H-pyrrole nitrogens is 1. The van der Waals surface area contributed by atoms with Gasteiger partial charge in [-0.25, -0.2) is 8.42 Å². The highest BCUT2D eigenvalue weighted by Crippen LogP contribution is 2.37. The van der Waals surface area contributed by atoms with Crippen molar-refractivity contribution in [3.05, 3.63) is 58.2 Å². The Morgan fingerprint density at radius 1 is 1.11 bits per heavy atom. The minimum atomic E-state index is -3.76. The first-order valence-corrected chi connectivity index (χ1v) is 14.3. The summed E-state index contributed by atoms with van der Waals surface area (Å²) in [4.78, 5) is 30.8. The molecule has 4 aliphatic rings. The number of nitrogens with one attached hydrogen (secondary N) is 1. The number of aromatic amines is 1. The molecule has 0 aliphatic carbocycles. The number of piperazine rings is 1. The molecular formula is C25H26BrN5O4S. The molecule has 5 heterocycles. The zero-order valence-corrected chi connectivity index (χ0v) is 22.1. The van der Waals surface area contributed by atoms with Crippen molar-refractivity contribution >= 4 is 48.7 Å². The number of amides is 2. The number of rotatable bonds is 4. The number of carbonyl (C=O) groups is 2. The van der Waals surface area contributed by atoms with E-state index in [-0.39, 0.29) is 28.8 Å². The molecule has 188 valence electrons. The fraction of sp³-hybridized carbons (Fsp3) is 0.400. The Morgan fingerprint density at radius 3 is 2.56 bits per heavy atom. The second-order valence-corrected chi connectivity index (χ2v) is 12.6. The van der Waals surface area contributed by atoms with E-state index in [0.29, 0.717) is 42.5 Å². The van der Waals surface area contributed by atoms with Crippen LogP contribution >= 0.6 is 15.9 Å². The lowest BCUT2D eigenvalue weighted by atomic mass is 9.86. The molecular weight excluding hydrogens is 546 g/mol. The number of piperidine rings is 1. The monoisotopic (exact) mass is 571 g/mol. The first-order valence-electron chi connectivity index (χ1n) is 12.1. The number of aromatic nitrogens is 2. The van der Waals surface area contributed by atoms with E-state index in [4.69, 9.17) is 0 Å². The molecule has 3 aromatic rings. The smallest absolute Gasteiger partial charge is 0.255 e. The van der Waals surface area contributed by atoms with E-state index in [9.17, 15) is 18.0 Å². The number of halogens is 1. The van der Waals surface area contributed by atoms with Crippen LogP contribution in [-0.2, 0) is 14.8 Å². The summed E-state index contributed by atoms with van der Waals surface area (Å²) < 4.78 is 28.7. The van der Waals surface area contributed by atoms with E-state index in [2.05, 4.69) is 26.1 Å². The third-order valence-electron chi connectivity index (χ3n) is 7.61. The lowest BCUT2D eigenvalue weighted by molar-refractivity contribution is -0.155. The molecule has 2 unspecified atom stereocenters. The van der Waals surface area contributed by atoms with Crippen LogP contribution in [-0.4, -0.2) is 82.3 Å². The number of aryl methyl sites for hydroxylation is 1. The maximum atomic E-state index is 13.6. The van der Waals surface area contributed by atoms with Gasteiger partial charge in [-0.05, 0) is 66.4 Å². The topological polar surface area (TPSA) is 107 Å². The molecule has 2 amide bonds. The SMILES string of the molecule is Cc1ccc(S(=O)(=O)N2CCC[C@H]2C(=O)N2C3CC2CN(C(=O)c2cc4cn[nH]c4cc2Br)C3)cc1. The van der Waals surface area contributed by atoms with E-state index in [1.165, 1.54) is 4.31 Å². The van der Waals surface area contributed by atoms with Gasteiger partial charge in [-0.2, -0.15) is 9.40 Å². The van der Waals surface area contributed by atoms with Crippen molar-refractivity contribution in [3.8, 4) is 0 Å². The number of fused-ring (bicyclic) bond motifs is 3. The molecule has 11 heteroatoms. The molecule has 2 aromatic carbocycles. The molecule has 4 saturated heterocycles. The summed E-state index contributed by atoms with van der Waals surface area (Å²) in [6.07, 6.45) is 3.68. The van der Waals surface area contributed by atoms with E-state index < -0.39 is 16.1 Å². The Morgan fingerprint density at radius 2 is 1.83 bits per heavy atom. The van der Waals surface area contributed by atoms with Crippen molar-refractivity contribution in [1.29, 1.82) is 0 Å². The van der Waals surface area contributed by atoms with Gasteiger partial charge in [-0.3, -0.25) is 14.7 Å². The molecule has 4 fully saturated rings. The van der Waals surface area contributed by atoms with E-state index in [1.54, 1.807) is 35.4 Å². The summed E-state index contributed by atoms with van der Waals surface area (Å²) in [5.74, 6) is -0.228. The van der Waals surface area contributed by atoms with Crippen molar-refractivity contribution in [3.63, 3.8) is 0 Å². The van der Waals surface area contributed by atoms with Gasteiger partial charge in [0.1, 0.15) is 6.04 Å². The zero-order chi connectivity index (χ0) is 25.2. The van der Waals surface area contributed by atoms with Gasteiger partial charge in [0.2, 0.25) is 15.9 Å². The number of hydrogen-bond donors (Lipinski definition) is 1. The number of nitrogens with zero attached hydrogens (tertiary/aromatic N) is 4. The first kappa shape index (κ1) is 23.6. The molecule has 7 rings (SSSR count). The number of hydrogen-bond acceptors (Lipinski definition) is 5. The average molecular weight is 572 g/mol. The zero-order valence-electron chi connectivity index (χ0n) is 19.7. The fourth-order valence-corrected chi connectivity index (χ4v) is 7.89. The Hall–Kier alpha value is -2.76. The standard InChI is InChI=1S/C25H26BrN5O4S/c1-15-4-6-19(7-5-15)36(34,35)30-8-2-3-23(30)25(33)31-17-10-18(31)14-29(13-17)24(32)20-9-16-12-27-28-22(16)11-21(20)26/h4-7,9,11-12,17-18,23H,2-3,8,10,13-14H2,1H3,(H,27,28)/t17?,18?,23-/m0/s1. The van der Waals surface area contributed by atoms with Crippen LogP contribution < -0.4 is 0 Å². The summed E-state index contributed by atoms with van der Waals surface area (Å²) in [6, 6.07) is 9.53. The Balaban J connectivity index is 1.18. The molecule has 3 atom stereocenters. The second kappa shape index (κ2) is 8.67. The van der Waals surface area contributed by atoms with Crippen molar-refractivity contribution in [1.82, 2.24) is 24.3 Å². The summed E-state index contributed by atoms with van der Waals surface area (Å²) in [6.45, 7) is 3.12. The van der Waals surface area contributed by atoms with Gasteiger partial charge in [0.05, 0.1) is 34.3 Å². The van der Waals surface area contributed by atoms with Crippen LogP contribution in [0.2, 0.25) is 0 Å². The highest BCUT2D eigenvalue weighted by atomic mass is 79.9. The highest BCUT2D eigenvalue weighted by Gasteiger charge is 2.52. The number of carbonyl (C=O) groups excluding carboxylic acids is 2. The predicted molar refractivity (Wildman–Crippen MR) is 137 cm³/mol. The molecule has 0 spiro atoms. The predicted octanol–water partition coefficient (Wildman–Crippen LogP) is 2.91. The van der Waals surface area contributed by atoms with Crippen LogP contribution in [0.25, 0.3) is 10.9 Å². The first-order chi connectivity index (χ1) is 17.2. The van der Waals surface area contributed by atoms with Gasteiger partial charge in [0.15, 0.2) is 0 Å². The lowest BCUT2D eigenvalue weighted by Crippen LogP contribution is -2.72. The minimum Gasteiger partial charge on any atom is -0.334 e. The van der Waals surface area contributed by atoms with E-state index >= 15 is 0 Å². The molecule has 36 heavy (non-hydrogen) atoms. The van der Waals surface area contributed by atoms with Gasteiger partial charge in [0.25, 0.3) is 5.91 Å². The molecule has 0 radical (unpaired) electrons. The van der Waals surface area contributed by atoms with Crippen LogP contribution in [0.5, 0.6) is 0 Å². The largest absolute Gasteiger partial charge is 0.334 e. The Kier molecular flexibility index (Phi) is 5.69. The van der Waals surface area contributed by atoms with Crippen molar-refractivity contribution < 1.29 is 18.0 Å². The minimum absolute atomic E-state index is 0.0868. The third-order valence-corrected chi connectivity index (χ3v) is 10.2. The summed E-state index contributed by atoms with van der Waals surface area (Å²) in [5.41, 5.74) is 2.39. The van der Waals surface area contributed by atoms with Crippen LogP contribution in [0.4, 0.5) is 0 Å². The van der Waals surface area contributed by atoms with Gasteiger partial charge in [-0.15, -0.1) is 0 Å². The molecule has 1 N–H and O–H groups in total. The second-order valence-electron chi connectivity index (χ2n) is 9.88. The number of benzene rings is 2. The summed E-state index contributed by atoms with van der Waals surface area (Å²) in [7, 11) is -3.76. The molecule has 0 saturated carbocycles. The average Bonchev–Trinajstić information content (AvgIpc) is 3.53. The quantitative estimate of drug-likeness (QED) is 0.518.